The average molecular weight is 504 g/mol. The minimum Gasteiger partial charge on any atom is -0.493 e. The normalized spacial score (nSPS) is 13.0. The number of benzene rings is 1. The average Bonchev–Trinajstić information content (AvgIpc) is 2.58. The van der Waals surface area contributed by atoms with Gasteiger partial charge in [-0.3, -0.25) is 4.99 Å². The number of nitrogens with one attached hydrogen (secondary N) is 2. The lowest BCUT2D eigenvalue weighted by Gasteiger charge is -2.26. The molecule has 0 saturated carbocycles. The second-order valence-electron chi connectivity index (χ2n) is 5.84. The molecule has 0 spiro atoms. The fourth-order valence-corrected chi connectivity index (χ4v) is 2.40. The van der Waals surface area contributed by atoms with Crippen molar-refractivity contribution in [3.63, 3.8) is 0 Å². The monoisotopic (exact) mass is 504 g/mol. The standard InChI is InChI=1S/C17H27F3N4O2.HI/c1-21-16(22-9-8-17(18,19)20)23-11-13(24(2)3)12-6-7-14(25-4)15(10-12)26-5;/h6-7,10,13H,8-9,11H2,1-5H3,(H2,21,22,23);1H. The lowest BCUT2D eigenvalue weighted by Crippen LogP contribution is -2.42. The number of nitrogens with zero attached hydrogens (tertiary/aromatic N) is 2. The Morgan fingerprint density at radius 3 is 2.26 bits per heavy atom. The van der Waals surface area contributed by atoms with Crippen molar-refractivity contribution >= 4 is 29.9 Å². The Bertz CT molecular complexity index is 598. The first-order chi connectivity index (χ1) is 12.2. The van der Waals surface area contributed by atoms with Crippen molar-refractivity contribution in [1.82, 2.24) is 15.5 Å². The molecule has 0 saturated heterocycles. The van der Waals surface area contributed by atoms with Gasteiger partial charge in [-0.25, -0.2) is 0 Å². The molecule has 1 atom stereocenters. The SMILES string of the molecule is CN=C(NCCC(F)(F)F)NCC(c1ccc(OC)c(OC)c1)N(C)C.I. The van der Waals surface area contributed by atoms with Crippen LogP contribution < -0.4 is 20.1 Å². The zero-order chi connectivity index (χ0) is 19.7. The van der Waals surface area contributed by atoms with Gasteiger partial charge in [0.25, 0.3) is 0 Å². The van der Waals surface area contributed by atoms with Crippen LogP contribution in [0.25, 0.3) is 0 Å². The fourth-order valence-electron chi connectivity index (χ4n) is 2.40. The second kappa shape index (κ2) is 12.1. The molecule has 10 heteroatoms. The lowest BCUT2D eigenvalue weighted by molar-refractivity contribution is -0.132. The molecular weight excluding hydrogens is 476 g/mol. The van der Waals surface area contributed by atoms with Gasteiger partial charge in [0.15, 0.2) is 17.5 Å². The summed E-state index contributed by atoms with van der Waals surface area (Å²) in [5, 5.41) is 5.73. The molecule has 27 heavy (non-hydrogen) atoms. The van der Waals surface area contributed by atoms with Gasteiger partial charge in [0, 0.05) is 20.1 Å². The van der Waals surface area contributed by atoms with Crippen molar-refractivity contribution < 1.29 is 22.6 Å². The van der Waals surface area contributed by atoms with Gasteiger partial charge in [-0.15, -0.1) is 24.0 Å². The molecule has 0 aliphatic heterocycles. The van der Waals surface area contributed by atoms with E-state index >= 15 is 0 Å². The largest absolute Gasteiger partial charge is 0.493 e. The van der Waals surface area contributed by atoms with Gasteiger partial charge < -0.3 is 25.0 Å². The Balaban J connectivity index is 0.00000676. The van der Waals surface area contributed by atoms with E-state index in [0.717, 1.165) is 5.56 Å². The maximum Gasteiger partial charge on any atom is 0.390 e. The van der Waals surface area contributed by atoms with Gasteiger partial charge in [-0.1, -0.05) is 6.07 Å². The molecule has 0 aliphatic carbocycles. The molecule has 0 heterocycles. The van der Waals surface area contributed by atoms with Crippen LogP contribution in [0.3, 0.4) is 0 Å². The van der Waals surface area contributed by atoms with Crippen molar-refractivity contribution in [2.24, 2.45) is 4.99 Å². The van der Waals surface area contributed by atoms with Gasteiger partial charge in [0.2, 0.25) is 0 Å². The third-order valence-electron chi connectivity index (χ3n) is 3.80. The maximum atomic E-state index is 12.3. The summed E-state index contributed by atoms with van der Waals surface area (Å²) in [6, 6.07) is 5.58. The van der Waals surface area contributed by atoms with E-state index in [4.69, 9.17) is 9.47 Å². The molecule has 0 radical (unpaired) electrons. The van der Waals surface area contributed by atoms with Crippen molar-refractivity contribution in [2.75, 3.05) is 48.5 Å². The molecule has 1 unspecified atom stereocenters. The second-order valence-corrected chi connectivity index (χ2v) is 5.84. The van der Waals surface area contributed by atoms with Gasteiger partial charge in [0.1, 0.15) is 0 Å². The van der Waals surface area contributed by atoms with E-state index in [9.17, 15) is 13.2 Å². The van der Waals surface area contributed by atoms with Crippen molar-refractivity contribution in [1.29, 1.82) is 0 Å². The van der Waals surface area contributed by atoms with E-state index in [2.05, 4.69) is 15.6 Å². The van der Waals surface area contributed by atoms with Crippen LogP contribution in [-0.2, 0) is 0 Å². The molecule has 156 valence electrons. The minimum absolute atomic E-state index is 0. The summed E-state index contributed by atoms with van der Waals surface area (Å²) in [5.41, 5.74) is 0.978. The first-order valence-electron chi connectivity index (χ1n) is 8.11. The van der Waals surface area contributed by atoms with Crippen molar-refractivity contribution in [2.45, 2.75) is 18.6 Å². The number of alkyl halides is 3. The molecule has 2 N–H and O–H groups in total. The summed E-state index contributed by atoms with van der Waals surface area (Å²) < 4.78 is 47.3. The molecule has 1 aromatic carbocycles. The van der Waals surface area contributed by atoms with Gasteiger partial charge >= 0.3 is 6.18 Å². The minimum atomic E-state index is -4.20. The summed E-state index contributed by atoms with van der Waals surface area (Å²) in [4.78, 5) is 5.95. The highest BCUT2D eigenvalue weighted by molar-refractivity contribution is 14.0. The van der Waals surface area contributed by atoms with E-state index in [0.29, 0.717) is 24.0 Å². The number of guanidine groups is 1. The molecule has 0 fully saturated rings. The van der Waals surface area contributed by atoms with E-state index in [-0.39, 0.29) is 36.6 Å². The summed E-state index contributed by atoms with van der Waals surface area (Å²) in [7, 11) is 8.49. The van der Waals surface area contributed by atoms with E-state index in [1.807, 2.05) is 37.2 Å². The predicted octanol–water partition coefficient (Wildman–Crippen LogP) is 3.04. The Hall–Kier alpha value is -1.43. The van der Waals surface area contributed by atoms with Crippen LogP contribution in [0.2, 0.25) is 0 Å². The highest BCUT2D eigenvalue weighted by Crippen LogP contribution is 2.31. The lowest BCUT2D eigenvalue weighted by atomic mass is 10.1. The highest BCUT2D eigenvalue weighted by Gasteiger charge is 2.26. The summed E-state index contributed by atoms with van der Waals surface area (Å²) in [6.45, 7) is 0.223. The van der Waals surface area contributed by atoms with Crippen LogP contribution >= 0.6 is 24.0 Å². The van der Waals surface area contributed by atoms with E-state index in [1.54, 1.807) is 14.2 Å². The highest BCUT2D eigenvalue weighted by atomic mass is 127. The molecule has 0 bridgehead atoms. The van der Waals surface area contributed by atoms with Gasteiger partial charge in [0.05, 0.1) is 26.7 Å². The Morgan fingerprint density at radius 1 is 1.15 bits per heavy atom. The summed E-state index contributed by atoms with van der Waals surface area (Å²) >= 11 is 0. The summed E-state index contributed by atoms with van der Waals surface area (Å²) in [5.74, 6) is 1.57. The molecule has 6 nitrogen and oxygen atoms in total. The fraction of sp³-hybridized carbons (Fsp3) is 0.588. The van der Waals surface area contributed by atoms with E-state index < -0.39 is 12.6 Å². The Labute approximate surface area is 175 Å². The molecule has 1 rings (SSSR count). The third-order valence-corrected chi connectivity index (χ3v) is 3.80. The van der Waals surface area contributed by atoms with Crippen LogP contribution in [0, 0.1) is 0 Å². The number of hydrogen-bond donors (Lipinski definition) is 2. The smallest absolute Gasteiger partial charge is 0.390 e. The van der Waals surface area contributed by atoms with Crippen LogP contribution in [-0.4, -0.2) is 65.5 Å². The van der Waals surface area contributed by atoms with Crippen molar-refractivity contribution in [3.05, 3.63) is 23.8 Å². The zero-order valence-electron chi connectivity index (χ0n) is 16.2. The first kappa shape index (κ1) is 25.6. The number of likely N-dealkylation sites (N-methyl/N-ethyl adjacent to an activating group) is 1. The topological polar surface area (TPSA) is 58.1 Å². The molecule has 0 aliphatic rings. The van der Waals surface area contributed by atoms with Gasteiger partial charge in [-0.05, 0) is 31.8 Å². The Morgan fingerprint density at radius 2 is 1.78 bits per heavy atom. The number of ether oxygens (including phenoxy) is 2. The van der Waals surface area contributed by atoms with Crippen LogP contribution in [0.15, 0.2) is 23.2 Å². The number of halogens is 4. The molecule has 0 aromatic heterocycles. The molecule has 0 amide bonds. The van der Waals surface area contributed by atoms with Gasteiger partial charge in [-0.2, -0.15) is 13.2 Å². The number of aliphatic imine (C=N–C) groups is 1. The number of rotatable bonds is 8. The maximum absolute atomic E-state index is 12.3. The number of methoxy groups -OCH3 is 2. The van der Waals surface area contributed by atoms with Crippen LogP contribution in [0.5, 0.6) is 11.5 Å². The summed E-state index contributed by atoms with van der Waals surface area (Å²) in [6.07, 6.45) is -5.11. The molecular formula is C17H28F3IN4O2. The number of hydrogen-bond acceptors (Lipinski definition) is 4. The predicted molar refractivity (Wildman–Crippen MR) is 111 cm³/mol. The first-order valence-corrected chi connectivity index (χ1v) is 8.11. The quantitative estimate of drug-likeness (QED) is 0.324. The van der Waals surface area contributed by atoms with Crippen LogP contribution in [0.1, 0.15) is 18.0 Å². The van der Waals surface area contributed by atoms with Crippen LogP contribution in [0.4, 0.5) is 13.2 Å². The van der Waals surface area contributed by atoms with E-state index in [1.165, 1.54) is 7.05 Å². The zero-order valence-corrected chi connectivity index (χ0v) is 18.5. The third kappa shape index (κ3) is 8.87. The molecule has 1 aromatic rings. The Kier molecular flexibility index (Phi) is 11.5. The van der Waals surface area contributed by atoms with Crippen molar-refractivity contribution in [3.8, 4) is 11.5 Å².